The SMILES string of the molecule is Cc1nn2c(-c3ccc(NC(=O)c4ccccc4)cc3)nnc2c2ccccc12. The van der Waals surface area contributed by atoms with Gasteiger partial charge in [0.15, 0.2) is 11.5 Å². The molecule has 0 aliphatic rings. The Labute approximate surface area is 166 Å². The summed E-state index contributed by atoms with van der Waals surface area (Å²) in [5.74, 6) is 0.518. The molecule has 1 N–H and O–H groups in total. The molecule has 0 atom stereocenters. The fraction of sp³-hybridized carbons (Fsp3) is 0.0435. The highest BCUT2D eigenvalue weighted by Gasteiger charge is 2.14. The van der Waals surface area contributed by atoms with Crippen LogP contribution in [-0.2, 0) is 0 Å². The number of fused-ring (bicyclic) bond motifs is 3. The molecule has 0 saturated carbocycles. The van der Waals surface area contributed by atoms with Crippen molar-refractivity contribution >= 4 is 28.0 Å². The molecule has 3 aromatic carbocycles. The normalized spacial score (nSPS) is 11.1. The summed E-state index contributed by atoms with van der Waals surface area (Å²) in [5.41, 5.74) is 3.85. The highest BCUT2D eigenvalue weighted by molar-refractivity contribution is 6.04. The summed E-state index contributed by atoms with van der Waals surface area (Å²) in [4.78, 5) is 12.3. The van der Waals surface area contributed by atoms with Crippen molar-refractivity contribution in [2.24, 2.45) is 0 Å². The lowest BCUT2D eigenvalue weighted by Gasteiger charge is -2.07. The third kappa shape index (κ3) is 3.00. The second kappa shape index (κ2) is 6.83. The number of anilines is 1. The Bertz CT molecular complexity index is 1340. The summed E-state index contributed by atoms with van der Waals surface area (Å²) in [6.07, 6.45) is 0. The molecule has 29 heavy (non-hydrogen) atoms. The van der Waals surface area contributed by atoms with Gasteiger partial charge in [-0.3, -0.25) is 4.79 Å². The Morgan fingerprint density at radius 1 is 0.828 bits per heavy atom. The van der Waals surface area contributed by atoms with E-state index < -0.39 is 0 Å². The summed E-state index contributed by atoms with van der Waals surface area (Å²) in [7, 11) is 0. The quantitative estimate of drug-likeness (QED) is 0.501. The van der Waals surface area contributed by atoms with Crippen LogP contribution in [0.1, 0.15) is 16.1 Å². The van der Waals surface area contributed by atoms with Crippen molar-refractivity contribution in [3.63, 3.8) is 0 Å². The number of rotatable bonds is 3. The van der Waals surface area contributed by atoms with Crippen LogP contribution in [0.25, 0.3) is 27.8 Å². The van der Waals surface area contributed by atoms with Gasteiger partial charge in [-0.15, -0.1) is 10.2 Å². The lowest BCUT2D eigenvalue weighted by Crippen LogP contribution is -2.11. The number of benzene rings is 3. The molecular weight excluding hydrogens is 362 g/mol. The maximum atomic E-state index is 12.3. The van der Waals surface area contributed by atoms with Gasteiger partial charge in [0, 0.05) is 27.6 Å². The summed E-state index contributed by atoms with van der Waals surface area (Å²) < 4.78 is 1.77. The van der Waals surface area contributed by atoms with Crippen LogP contribution >= 0.6 is 0 Å². The van der Waals surface area contributed by atoms with Gasteiger partial charge in [-0.25, -0.2) is 0 Å². The molecule has 6 nitrogen and oxygen atoms in total. The minimum absolute atomic E-state index is 0.143. The van der Waals surface area contributed by atoms with Crippen molar-refractivity contribution in [2.45, 2.75) is 6.92 Å². The van der Waals surface area contributed by atoms with Crippen molar-refractivity contribution in [1.82, 2.24) is 19.8 Å². The molecule has 140 valence electrons. The minimum atomic E-state index is -0.143. The van der Waals surface area contributed by atoms with Crippen LogP contribution in [0.5, 0.6) is 0 Å². The number of nitrogens with one attached hydrogen (secondary N) is 1. The lowest BCUT2D eigenvalue weighted by molar-refractivity contribution is 0.102. The zero-order chi connectivity index (χ0) is 19.8. The molecule has 0 bridgehead atoms. The van der Waals surface area contributed by atoms with Gasteiger partial charge in [0.1, 0.15) is 0 Å². The fourth-order valence-electron chi connectivity index (χ4n) is 3.42. The first-order valence-electron chi connectivity index (χ1n) is 9.28. The predicted molar refractivity (Wildman–Crippen MR) is 113 cm³/mol. The van der Waals surface area contributed by atoms with E-state index in [1.165, 1.54) is 0 Å². The van der Waals surface area contributed by atoms with Crippen LogP contribution in [0.15, 0.2) is 78.9 Å². The Balaban J connectivity index is 1.49. The van der Waals surface area contributed by atoms with Gasteiger partial charge in [-0.2, -0.15) is 9.61 Å². The van der Waals surface area contributed by atoms with Crippen molar-refractivity contribution in [1.29, 1.82) is 0 Å². The van der Waals surface area contributed by atoms with E-state index in [9.17, 15) is 4.79 Å². The van der Waals surface area contributed by atoms with Gasteiger partial charge in [0.2, 0.25) is 0 Å². The number of aromatic nitrogens is 4. The molecule has 0 aliphatic heterocycles. The summed E-state index contributed by atoms with van der Waals surface area (Å²) in [5, 5.41) is 18.4. The highest BCUT2D eigenvalue weighted by atomic mass is 16.1. The van der Waals surface area contributed by atoms with E-state index in [-0.39, 0.29) is 5.91 Å². The van der Waals surface area contributed by atoms with Crippen LogP contribution in [0.4, 0.5) is 5.69 Å². The second-order valence-corrected chi connectivity index (χ2v) is 6.79. The molecule has 2 aromatic heterocycles. The van der Waals surface area contributed by atoms with Gasteiger partial charge in [0.05, 0.1) is 5.69 Å². The molecule has 0 aliphatic carbocycles. The zero-order valence-corrected chi connectivity index (χ0v) is 15.7. The minimum Gasteiger partial charge on any atom is -0.322 e. The molecular formula is C23H17N5O. The summed E-state index contributed by atoms with van der Waals surface area (Å²) in [6.45, 7) is 1.98. The number of carbonyl (C=O) groups excluding carboxylic acids is 1. The van der Waals surface area contributed by atoms with Crippen LogP contribution in [0.3, 0.4) is 0 Å². The largest absolute Gasteiger partial charge is 0.322 e. The number of aryl methyl sites for hydroxylation is 1. The lowest BCUT2D eigenvalue weighted by atomic mass is 10.1. The van der Waals surface area contributed by atoms with E-state index in [1.807, 2.05) is 73.7 Å². The monoisotopic (exact) mass is 379 g/mol. The van der Waals surface area contributed by atoms with E-state index in [1.54, 1.807) is 16.6 Å². The van der Waals surface area contributed by atoms with E-state index in [0.717, 1.165) is 27.7 Å². The van der Waals surface area contributed by atoms with E-state index in [4.69, 9.17) is 0 Å². The average Bonchev–Trinajstić information content (AvgIpc) is 3.19. The average molecular weight is 379 g/mol. The standard InChI is InChI=1S/C23H17N5O/c1-15-19-9-5-6-10-20(19)22-26-25-21(28(22)27-15)16-11-13-18(14-12-16)24-23(29)17-7-3-2-4-8-17/h2-14H,1H3,(H,24,29). The van der Waals surface area contributed by atoms with Gasteiger partial charge in [-0.1, -0.05) is 42.5 Å². The third-order valence-corrected chi connectivity index (χ3v) is 4.89. The zero-order valence-electron chi connectivity index (χ0n) is 15.7. The maximum Gasteiger partial charge on any atom is 0.255 e. The Kier molecular flexibility index (Phi) is 4.02. The molecule has 5 aromatic rings. The van der Waals surface area contributed by atoms with Crippen molar-refractivity contribution in [2.75, 3.05) is 5.32 Å². The number of amides is 1. The summed E-state index contributed by atoms with van der Waals surface area (Å²) >= 11 is 0. The first-order chi connectivity index (χ1) is 14.2. The van der Waals surface area contributed by atoms with E-state index in [2.05, 4.69) is 20.6 Å². The van der Waals surface area contributed by atoms with Gasteiger partial charge < -0.3 is 5.32 Å². The fourth-order valence-corrected chi connectivity index (χ4v) is 3.42. The molecule has 0 radical (unpaired) electrons. The first-order valence-corrected chi connectivity index (χ1v) is 9.28. The van der Waals surface area contributed by atoms with Crippen LogP contribution < -0.4 is 5.32 Å². The molecule has 0 saturated heterocycles. The Morgan fingerprint density at radius 2 is 1.52 bits per heavy atom. The van der Waals surface area contributed by atoms with Crippen molar-refractivity contribution in [3.05, 3.63) is 90.1 Å². The predicted octanol–water partition coefficient (Wildman–Crippen LogP) is 4.51. The molecule has 2 heterocycles. The van der Waals surface area contributed by atoms with Crippen molar-refractivity contribution < 1.29 is 4.79 Å². The highest BCUT2D eigenvalue weighted by Crippen LogP contribution is 2.25. The topological polar surface area (TPSA) is 72.2 Å². The number of hydrogen-bond acceptors (Lipinski definition) is 4. The smallest absolute Gasteiger partial charge is 0.255 e. The number of hydrogen-bond donors (Lipinski definition) is 1. The van der Waals surface area contributed by atoms with Crippen LogP contribution in [0, 0.1) is 6.92 Å². The Morgan fingerprint density at radius 3 is 2.28 bits per heavy atom. The second-order valence-electron chi connectivity index (χ2n) is 6.79. The number of carbonyl (C=O) groups is 1. The number of nitrogens with zero attached hydrogens (tertiary/aromatic N) is 4. The molecule has 0 fully saturated rings. The van der Waals surface area contributed by atoms with Gasteiger partial charge in [0.25, 0.3) is 5.91 Å². The Hall–Kier alpha value is -4.06. The molecule has 6 heteroatoms. The van der Waals surface area contributed by atoms with Gasteiger partial charge >= 0.3 is 0 Å². The molecule has 5 rings (SSSR count). The van der Waals surface area contributed by atoms with Crippen LogP contribution in [-0.4, -0.2) is 25.7 Å². The van der Waals surface area contributed by atoms with E-state index in [0.29, 0.717) is 17.1 Å². The third-order valence-electron chi connectivity index (χ3n) is 4.89. The molecule has 1 amide bonds. The molecule has 0 spiro atoms. The van der Waals surface area contributed by atoms with E-state index >= 15 is 0 Å². The van der Waals surface area contributed by atoms with Crippen LogP contribution in [0.2, 0.25) is 0 Å². The molecule has 0 unspecified atom stereocenters. The first kappa shape index (κ1) is 17.1. The summed E-state index contributed by atoms with van der Waals surface area (Å²) in [6, 6.07) is 24.7. The van der Waals surface area contributed by atoms with Gasteiger partial charge in [-0.05, 0) is 43.3 Å². The maximum absolute atomic E-state index is 12.3. The van der Waals surface area contributed by atoms with Crippen molar-refractivity contribution in [3.8, 4) is 11.4 Å².